The van der Waals surface area contributed by atoms with Gasteiger partial charge in [0.25, 0.3) is 0 Å². The number of esters is 1. The minimum absolute atomic E-state index is 0.197. The van der Waals surface area contributed by atoms with E-state index in [-0.39, 0.29) is 18.6 Å². The summed E-state index contributed by atoms with van der Waals surface area (Å²) in [5.74, 6) is 0.383. The van der Waals surface area contributed by atoms with Crippen molar-refractivity contribution in [3.8, 4) is 0 Å². The number of thioether (sulfide) groups is 1. The second-order valence-corrected chi connectivity index (χ2v) is 5.50. The number of aliphatic hydroxyl groups excluding tert-OH is 1. The molecule has 0 radical (unpaired) electrons. The van der Waals surface area contributed by atoms with Gasteiger partial charge < -0.3 is 9.84 Å². The molecule has 1 aromatic heterocycles. The third-order valence-corrected chi connectivity index (χ3v) is 4.49. The third-order valence-electron chi connectivity index (χ3n) is 3.24. The van der Waals surface area contributed by atoms with Gasteiger partial charge in [-0.3, -0.25) is 0 Å². The van der Waals surface area contributed by atoms with Crippen LogP contribution in [0.3, 0.4) is 0 Å². The van der Waals surface area contributed by atoms with Crippen molar-refractivity contribution in [3.05, 3.63) is 24.3 Å². The smallest absolute Gasteiger partial charge is 0.348 e. The number of rotatable bonds is 2. The van der Waals surface area contributed by atoms with Crippen molar-refractivity contribution < 1.29 is 19.2 Å². The summed E-state index contributed by atoms with van der Waals surface area (Å²) in [7, 11) is 1.39. The number of aromatic nitrogens is 2. The molecule has 5 nitrogen and oxygen atoms in total. The molecule has 1 aromatic carbocycles. The fourth-order valence-corrected chi connectivity index (χ4v) is 3.48. The Kier molecular flexibility index (Phi) is 3.20. The van der Waals surface area contributed by atoms with Crippen LogP contribution >= 0.6 is 11.8 Å². The zero-order valence-corrected chi connectivity index (χ0v) is 11.4. The number of hydrogen-bond donors (Lipinski definition) is 1. The molecule has 0 aliphatic carbocycles. The summed E-state index contributed by atoms with van der Waals surface area (Å²) in [4.78, 5) is 11.6. The van der Waals surface area contributed by atoms with E-state index in [1.807, 2.05) is 28.8 Å². The number of fused-ring (bicyclic) bond motifs is 3. The van der Waals surface area contributed by atoms with E-state index in [0.717, 1.165) is 16.2 Å². The largest absolute Gasteiger partial charge is 0.466 e. The molecular weight excluding hydrogens is 264 g/mol. The van der Waals surface area contributed by atoms with Crippen LogP contribution in [-0.2, 0) is 22.6 Å². The highest BCUT2D eigenvalue weighted by atomic mass is 32.2. The van der Waals surface area contributed by atoms with Gasteiger partial charge in [-0.25, -0.2) is 13.9 Å². The van der Waals surface area contributed by atoms with Crippen molar-refractivity contribution in [2.75, 3.05) is 12.9 Å². The summed E-state index contributed by atoms with van der Waals surface area (Å²) in [6.45, 7) is 0.763. The van der Waals surface area contributed by atoms with E-state index in [4.69, 9.17) is 4.74 Å². The van der Waals surface area contributed by atoms with Gasteiger partial charge in [0.2, 0.25) is 0 Å². The Bertz CT molecular complexity index is 638. The number of aliphatic hydroxyl groups is 1. The van der Waals surface area contributed by atoms with Gasteiger partial charge in [0.1, 0.15) is 12.6 Å². The number of imidazole rings is 1. The van der Waals surface area contributed by atoms with Crippen molar-refractivity contribution in [1.82, 2.24) is 4.57 Å². The maximum absolute atomic E-state index is 11.6. The molecule has 6 heteroatoms. The Morgan fingerprint density at radius 3 is 3.16 bits per heavy atom. The highest BCUT2D eigenvalue weighted by molar-refractivity contribution is 7.99. The summed E-state index contributed by atoms with van der Waals surface area (Å²) in [6.07, 6.45) is -0.347. The zero-order valence-electron chi connectivity index (χ0n) is 10.6. The van der Waals surface area contributed by atoms with Crippen LogP contribution in [0, 0.1) is 0 Å². The number of benzene rings is 1. The number of methoxy groups -OCH3 is 1. The maximum Gasteiger partial charge on any atom is 0.348 e. The first-order valence-electron chi connectivity index (χ1n) is 6.09. The number of carbonyl (C=O) groups excluding carboxylic acids is 1. The average molecular weight is 279 g/mol. The van der Waals surface area contributed by atoms with Gasteiger partial charge in [0.15, 0.2) is 17.6 Å². The fraction of sp³-hybridized carbons (Fsp3) is 0.385. The van der Waals surface area contributed by atoms with Crippen LogP contribution in [0.5, 0.6) is 0 Å². The Morgan fingerprint density at radius 2 is 2.37 bits per heavy atom. The van der Waals surface area contributed by atoms with E-state index in [1.165, 1.54) is 7.11 Å². The molecular formula is C13H15N2O3S+. The van der Waals surface area contributed by atoms with Gasteiger partial charge in [-0.2, -0.15) is 0 Å². The van der Waals surface area contributed by atoms with Crippen molar-refractivity contribution in [3.63, 3.8) is 0 Å². The molecule has 0 saturated carbocycles. The third kappa shape index (κ3) is 2.11. The highest BCUT2D eigenvalue weighted by Gasteiger charge is 2.32. The van der Waals surface area contributed by atoms with E-state index in [2.05, 4.69) is 4.57 Å². The van der Waals surface area contributed by atoms with Gasteiger partial charge >= 0.3 is 11.1 Å². The van der Waals surface area contributed by atoms with Gasteiger partial charge in [-0.15, -0.1) is 0 Å². The van der Waals surface area contributed by atoms with Gasteiger partial charge in [0, 0.05) is 5.75 Å². The van der Waals surface area contributed by atoms with E-state index < -0.39 is 0 Å². The highest BCUT2D eigenvalue weighted by Crippen LogP contribution is 2.26. The quantitative estimate of drug-likeness (QED) is 0.645. The number of ether oxygens (including phenoxy) is 1. The molecule has 1 N–H and O–H groups in total. The predicted molar refractivity (Wildman–Crippen MR) is 70.9 cm³/mol. The Hall–Kier alpha value is -1.53. The summed E-state index contributed by atoms with van der Waals surface area (Å²) in [5, 5.41) is 10.8. The molecule has 0 unspecified atom stereocenters. The second kappa shape index (κ2) is 4.86. The standard InChI is InChI=1S/C13H15N2O3S/c1-18-12(17)7-15-11-5-3-2-4-10(11)14-6-9(16)8-19-13(14)15/h2-5,9,16H,6-8H2,1H3/q+1/t9-/m0/s1. The van der Waals surface area contributed by atoms with Crippen LogP contribution in [0.25, 0.3) is 11.0 Å². The van der Waals surface area contributed by atoms with Crippen LogP contribution in [0.15, 0.2) is 29.4 Å². The summed E-state index contributed by atoms with van der Waals surface area (Å²) in [5.41, 5.74) is 2.03. The Morgan fingerprint density at radius 1 is 1.58 bits per heavy atom. The molecule has 19 heavy (non-hydrogen) atoms. The predicted octanol–water partition coefficient (Wildman–Crippen LogP) is 0.568. The number of para-hydroxylation sites is 2. The van der Waals surface area contributed by atoms with Gasteiger partial charge in [0.05, 0.1) is 7.11 Å². The normalized spacial score (nSPS) is 18.3. The lowest BCUT2D eigenvalue weighted by atomic mass is 10.3. The molecule has 2 aromatic rings. The maximum atomic E-state index is 11.6. The minimum atomic E-state index is -0.347. The van der Waals surface area contributed by atoms with Crippen LogP contribution < -0.4 is 4.57 Å². The zero-order chi connectivity index (χ0) is 13.4. The number of carbonyl (C=O) groups is 1. The van der Waals surface area contributed by atoms with Crippen LogP contribution in [0.4, 0.5) is 0 Å². The number of hydrogen-bond acceptors (Lipinski definition) is 4. The lowest BCUT2D eigenvalue weighted by Crippen LogP contribution is -2.45. The molecule has 2 heterocycles. The van der Waals surface area contributed by atoms with Crippen LogP contribution in [0.1, 0.15) is 0 Å². The van der Waals surface area contributed by atoms with Crippen molar-refractivity contribution in [2.45, 2.75) is 24.3 Å². The second-order valence-electron chi connectivity index (χ2n) is 4.51. The lowest BCUT2D eigenvalue weighted by molar-refractivity contribution is -0.717. The van der Waals surface area contributed by atoms with E-state index in [9.17, 15) is 9.90 Å². The van der Waals surface area contributed by atoms with Crippen molar-refractivity contribution in [2.24, 2.45) is 0 Å². The van der Waals surface area contributed by atoms with Gasteiger partial charge in [-0.1, -0.05) is 12.1 Å². The van der Waals surface area contributed by atoms with E-state index in [1.54, 1.807) is 11.8 Å². The molecule has 0 fully saturated rings. The molecule has 0 bridgehead atoms. The fourth-order valence-electron chi connectivity index (χ4n) is 2.39. The molecule has 1 atom stereocenters. The van der Waals surface area contributed by atoms with Crippen LogP contribution in [-0.4, -0.2) is 34.6 Å². The topological polar surface area (TPSA) is 55.3 Å². The Labute approximate surface area is 114 Å². The van der Waals surface area contributed by atoms with Crippen molar-refractivity contribution in [1.29, 1.82) is 0 Å². The minimum Gasteiger partial charge on any atom is -0.466 e. The summed E-state index contributed by atoms with van der Waals surface area (Å²) < 4.78 is 8.78. The summed E-state index contributed by atoms with van der Waals surface area (Å²) in [6, 6.07) is 7.90. The van der Waals surface area contributed by atoms with Crippen LogP contribution in [0.2, 0.25) is 0 Å². The van der Waals surface area contributed by atoms with Crippen molar-refractivity contribution >= 4 is 28.8 Å². The number of nitrogens with zero attached hydrogens (tertiary/aromatic N) is 2. The molecule has 100 valence electrons. The molecule has 1 aliphatic heterocycles. The molecule has 1 aliphatic rings. The van der Waals surface area contributed by atoms with Gasteiger partial charge in [-0.05, 0) is 23.9 Å². The van der Waals surface area contributed by atoms with E-state index in [0.29, 0.717) is 12.3 Å². The first-order chi connectivity index (χ1) is 9.20. The molecule has 3 rings (SSSR count). The lowest BCUT2D eigenvalue weighted by Gasteiger charge is -2.14. The first-order valence-corrected chi connectivity index (χ1v) is 7.08. The first kappa shape index (κ1) is 12.5. The SMILES string of the molecule is COC(=O)Cn1c2[n+](c3ccccc31)C[C@H](O)CS2. The van der Waals surface area contributed by atoms with E-state index >= 15 is 0 Å². The summed E-state index contributed by atoms with van der Waals surface area (Å²) >= 11 is 1.57. The molecule has 0 saturated heterocycles. The molecule has 0 amide bonds. The molecule has 0 spiro atoms. The monoisotopic (exact) mass is 279 g/mol. The average Bonchev–Trinajstić information content (AvgIpc) is 2.73. The Balaban J connectivity index is 2.17.